The van der Waals surface area contributed by atoms with Crippen molar-refractivity contribution in [2.75, 3.05) is 0 Å². The minimum Gasteiger partial charge on any atom is -0.341 e. The maximum atomic E-state index is 11.6. The zero-order valence-electron chi connectivity index (χ0n) is 19.8. The molecule has 1 aliphatic rings. The van der Waals surface area contributed by atoms with Gasteiger partial charge in [0.15, 0.2) is 6.29 Å². The van der Waals surface area contributed by atoms with Gasteiger partial charge in [0, 0.05) is 12.1 Å². The molecule has 1 fully saturated rings. The highest BCUT2D eigenvalue weighted by Gasteiger charge is 2.43. The molecule has 8 nitrogen and oxygen atoms in total. The van der Waals surface area contributed by atoms with Crippen molar-refractivity contribution in [3.63, 3.8) is 0 Å². The number of benzene rings is 2. The quantitative estimate of drug-likeness (QED) is 0.160. The number of nitrogens with zero attached hydrogens (tertiary/aromatic N) is 2. The molecule has 3 rings (SSSR count). The van der Waals surface area contributed by atoms with E-state index in [1.54, 1.807) is 36.4 Å². The number of nitro groups is 2. The first-order valence-corrected chi connectivity index (χ1v) is 12.3. The summed E-state index contributed by atoms with van der Waals surface area (Å²) < 4.78 is 12.3. The van der Waals surface area contributed by atoms with Crippen LogP contribution in [0.1, 0.15) is 94.5 Å². The minimum atomic E-state index is -0.800. The highest BCUT2D eigenvalue weighted by atomic mass is 16.7. The van der Waals surface area contributed by atoms with Crippen molar-refractivity contribution < 1.29 is 19.3 Å². The van der Waals surface area contributed by atoms with Crippen LogP contribution in [0, 0.1) is 20.2 Å². The number of unbranched alkanes of at least 4 members (excludes halogenated alkanes) is 8. The van der Waals surface area contributed by atoms with E-state index in [1.165, 1.54) is 50.7 Å². The zero-order chi connectivity index (χ0) is 24.3. The first-order chi connectivity index (χ1) is 16.5. The average Bonchev–Trinajstić information content (AvgIpc) is 3.27. The normalized spacial score (nSPS) is 18.3. The van der Waals surface area contributed by atoms with Crippen LogP contribution in [-0.4, -0.2) is 16.1 Å². The lowest BCUT2D eigenvalue weighted by Crippen LogP contribution is -2.11. The standard InChI is InChI=1S/C26H34N2O6/c1-2-3-4-5-6-7-8-9-10-19-24-33-25(20-15-11-13-17-22(20)27(29)30)26(34-24)21-16-12-14-18-23(21)28(31)32/h11-18,24-26H,2-10,19H2,1H3/t25-,26-/m1/s1. The fourth-order valence-electron chi connectivity index (χ4n) is 4.52. The third kappa shape index (κ3) is 6.84. The SMILES string of the molecule is CCCCCCCCCCCC1O[C@H](c2ccccc2[N+](=O)[O-])[C@@H](c2ccccc2[N+](=O)[O-])O1. The van der Waals surface area contributed by atoms with E-state index in [9.17, 15) is 20.2 Å². The topological polar surface area (TPSA) is 105 Å². The molecule has 0 aromatic heterocycles. The fraction of sp³-hybridized carbons (Fsp3) is 0.538. The highest BCUT2D eigenvalue weighted by Crippen LogP contribution is 2.48. The summed E-state index contributed by atoms with van der Waals surface area (Å²) in [6.45, 7) is 2.22. The van der Waals surface area contributed by atoms with E-state index in [2.05, 4.69) is 6.92 Å². The third-order valence-electron chi connectivity index (χ3n) is 6.30. The Morgan fingerprint density at radius 3 is 1.53 bits per heavy atom. The Hall–Kier alpha value is -2.84. The average molecular weight is 471 g/mol. The second-order valence-corrected chi connectivity index (χ2v) is 8.79. The van der Waals surface area contributed by atoms with Gasteiger partial charge >= 0.3 is 0 Å². The van der Waals surface area contributed by atoms with Crippen LogP contribution < -0.4 is 0 Å². The van der Waals surface area contributed by atoms with E-state index < -0.39 is 28.3 Å². The lowest BCUT2D eigenvalue weighted by atomic mass is 9.96. The molecule has 0 saturated carbocycles. The van der Waals surface area contributed by atoms with Crippen LogP contribution in [0.15, 0.2) is 48.5 Å². The lowest BCUT2D eigenvalue weighted by Gasteiger charge is -2.17. The van der Waals surface area contributed by atoms with Gasteiger partial charge in [0.1, 0.15) is 12.2 Å². The monoisotopic (exact) mass is 470 g/mol. The molecular formula is C26H34N2O6. The number of ether oxygens (including phenoxy) is 2. The van der Waals surface area contributed by atoms with Crippen LogP contribution in [0.3, 0.4) is 0 Å². The number of nitro benzene ring substituents is 2. The van der Waals surface area contributed by atoms with Crippen molar-refractivity contribution in [1.82, 2.24) is 0 Å². The van der Waals surface area contributed by atoms with Crippen molar-refractivity contribution >= 4 is 11.4 Å². The van der Waals surface area contributed by atoms with Gasteiger partial charge < -0.3 is 9.47 Å². The molecular weight excluding hydrogens is 436 g/mol. The number of para-hydroxylation sites is 2. The largest absolute Gasteiger partial charge is 0.341 e. The zero-order valence-corrected chi connectivity index (χ0v) is 19.8. The Morgan fingerprint density at radius 2 is 1.09 bits per heavy atom. The predicted octanol–water partition coefficient (Wildman–Crippen LogP) is 7.58. The predicted molar refractivity (Wildman–Crippen MR) is 129 cm³/mol. The van der Waals surface area contributed by atoms with Crippen molar-refractivity contribution in [3.05, 3.63) is 79.9 Å². The van der Waals surface area contributed by atoms with Crippen LogP contribution in [0.2, 0.25) is 0 Å². The molecule has 1 aliphatic heterocycles. The molecule has 0 spiro atoms. The molecule has 0 aliphatic carbocycles. The maximum Gasteiger partial charge on any atom is 0.275 e. The molecule has 34 heavy (non-hydrogen) atoms. The molecule has 0 N–H and O–H groups in total. The molecule has 2 atom stereocenters. The lowest BCUT2D eigenvalue weighted by molar-refractivity contribution is -0.387. The molecule has 0 bridgehead atoms. The van der Waals surface area contributed by atoms with Crippen molar-refractivity contribution in [1.29, 1.82) is 0 Å². The fourth-order valence-corrected chi connectivity index (χ4v) is 4.52. The molecule has 2 aromatic rings. The summed E-state index contributed by atoms with van der Waals surface area (Å²) in [6, 6.07) is 12.7. The molecule has 2 aromatic carbocycles. The Kier molecular flexibility index (Phi) is 9.97. The highest BCUT2D eigenvalue weighted by molar-refractivity contribution is 5.47. The summed E-state index contributed by atoms with van der Waals surface area (Å²) in [4.78, 5) is 22.4. The van der Waals surface area contributed by atoms with Gasteiger partial charge in [-0.2, -0.15) is 0 Å². The van der Waals surface area contributed by atoms with Gasteiger partial charge in [0.05, 0.1) is 21.0 Å². The number of hydrogen-bond acceptors (Lipinski definition) is 6. The van der Waals surface area contributed by atoms with Gasteiger partial charge in [-0.25, -0.2) is 0 Å². The molecule has 184 valence electrons. The maximum absolute atomic E-state index is 11.6. The summed E-state index contributed by atoms with van der Waals surface area (Å²) in [5, 5.41) is 23.3. The molecule has 1 heterocycles. The van der Waals surface area contributed by atoms with E-state index in [0.29, 0.717) is 17.5 Å². The van der Waals surface area contributed by atoms with Crippen molar-refractivity contribution in [2.45, 2.75) is 89.6 Å². The third-order valence-corrected chi connectivity index (χ3v) is 6.30. The van der Waals surface area contributed by atoms with E-state index in [1.807, 2.05) is 0 Å². The van der Waals surface area contributed by atoms with Crippen molar-refractivity contribution in [2.24, 2.45) is 0 Å². The second kappa shape index (κ2) is 13.2. The molecule has 0 radical (unpaired) electrons. The molecule has 1 saturated heterocycles. The second-order valence-electron chi connectivity index (χ2n) is 8.79. The van der Waals surface area contributed by atoms with E-state index in [0.717, 1.165) is 19.3 Å². The molecule has 0 amide bonds. The summed E-state index contributed by atoms with van der Waals surface area (Å²) in [7, 11) is 0. The van der Waals surface area contributed by atoms with Gasteiger partial charge in [-0.15, -0.1) is 0 Å². The Morgan fingerprint density at radius 1 is 0.676 bits per heavy atom. The van der Waals surface area contributed by atoms with Crippen LogP contribution >= 0.6 is 0 Å². The van der Waals surface area contributed by atoms with Gasteiger partial charge in [-0.05, 0) is 25.0 Å². The summed E-state index contributed by atoms with van der Waals surface area (Å²) >= 11 is 0. The first kappa shape index (κ1) is 25.8. The van der Waals surface area contributed by atoms with Gasteiger partial charge in [-0.1, -0.05) is 82.6 Å². The molecule has 0 unspecified atom stereocenters. The Balaban J connectivity index is 1.68. The summed E-state index contributed by atoms with van der Waals surface area (Å²) in [5.74, 6) is 0. The Labute approximate surface area is 200 Å². The smallest absolute Gasteiger partial charge is 0.275 e. The van der Waals surface area contributed by atoms with E-state index >= 15 is 0 Å². The summed E-state index contributed by atoms with van der Waals surface area (Å²) in [6.07, 6.45) is 9.22. The first-order valence-electron chi connectivity index (χ1n) is 12.3. The van der Waals surface area contributed by atoms with E-state index in [4.69, 9.17) is 9.47 Å². The van der Waals surface area contributed by atoms with Gasteiger partial charge in [-0.3, -0.25) is 20.2 Å². The molecule has 8 heteroatoms. The summed E-state index contributed by atoms with van der Waals surface area (Å²) in [5.41, 5.74) is 0.572. The minimum absolute atomic E-state index is 0.0802. The number of hydrogen-bond donors (Lipinski definition) is 0. The Bertz CT molecular complexity index is 885. The van der Waals surface area contributed by atoms with Crippen LogP contribution in [-0.2, 0) is 9.47 Å². The number of rotatable bonds is 14. The van der Waals surface area contributed by atoms with Gasteiger partial charge in [0.2, 0.25) is 0 Å². The van der Waals surface area contributed by atoms with Crippen molar-refractivity contribution in [3.8, 4) is 0 Å². The van der Waals surface area contributed by atoms with Crippen LogP contribution in [0.4, 0.5) is 11.4 Å². The van der Waals surface area contributed by atoms with Gasteiger partial charge in [0.25, 0.3) is 11.4 Å². The van der Waals surface area contributed by atoms with Crippen LogP contribution in [0.25, 0.3) is 0 Å². The van der Waals surface area contributed by atoms with E-state index in [-0.39, 0.29) is 11.4 Å². The van der Waals surface area contributed by atoms with Crippen LogP contribution in [0.5, 0.6) is 0 Å².